The first kappa shape index (κ1) is 7.58. The van der Waals surface area contributed by atoms with E-state index in [1.165, 1.54) is 12.8 Å². The number of nitrogens with zero attached hydrogens (tertiary/aromatic N) is 1. The molecule has 12 heavy (non-hydrogen) atoms. The van der Waals surface area contributed by atoms with Crippen LogP contribution in [0.2, 0.25) is 0 Å². The smallest absolute Gasteiger partial charge is 0.251 e. The first-order valence-electron chi connectivity index (χ1n) is 4.40. The van der Waals surface area contributed by atoms with E-state index in [1.807, 2.05) is 0 Å². The average molecular weight is 167 g/mol. The van der Waals surface area contributed by atoms with Gasteiger partial charge in [0.05, 0.1) is 0 Å². The summed E-state index contributed by atoms with van der Waals surface area (Å²) in [6, 6.07) is -0.203. The van der Waals surface area contributed by atoms with E-state index in [9.17, 15) is 4.79 Å². The van der Waals surface area contributed by atoms with Crippen LogP contribution in [0.4, 0.5) is 0 Å². The van der Waals surface area contributed by atoms with Crippen molar-refractivity contribution in [2.75, 3.05) is 0 Å². The second-order valence-corrected chi connectivity index (χ2v) is 3.54. The molecule has 1 aliphatic heterocycles. The van der Waals surface area contributed by atoms with Gasteiger partial charge in [0, 0.05) is 0 Å². The maximum atomic E-state index is 11.1. The Balaban J connectivity index is 1.81. The number of hydrogen-bond acceptors (Lipinski definition) is 3. The van der Waals surface area contributed by atoms with E-state index in [-0.39, 0.29) is 17.9 Å². The van der Waals surface area contributed by atoms with Crippen LogP contribution in [0.1, 0.15) is 25.7 Å². The monoisotopic (exact) mass is 167 g/mol. The van der Waals surface area contributed by atoms with Crippen LogP contribution in [-0.4, -0.2) is 17.9 Å². The fourth-order valence-corrected chi connectivity index (χ4v) is 1.46. The van der Waals surface area contributed by atoms with E-state index in [4.69, 9.17) is 5.73 Å². The van der Waals surface area contributed by atoms with Crippen molar-refractivity contribution in [3.8, 4) is 0 Å². The van der Waals surface area contributed by atoms with Gasteiger partial charge in [0.25, 0.3) is 5.91 Å². The summed E-state index contributed by atoms with van der Waals surface area (Å²) in [5, 5.41) is 2.50. The van der Waals surface area contributed by atoms with Crippen LogP contribution >= 0.6 is 0 Å². The van der Waals surface area contributed by atoms with Crippen molar-refractivity contribution < 1.29 is 4.79 Å². The van der Waals surface area contributed by atoms with Crippen molar-refractivity contribution in [2.24, 2.45) is 16.6 Å². The van der Waals surface area contributed by atoms with Gasteiger partial charge in [-0.3, -0.25) is 10.1 Å². The number of aliphatic imine (C=N–C) groups is 1. The van der Waals surface area contributed by atoms with Gasteiger partial charge in [-0.15, -0.1) is 0 Å². The summed E-state index contributed by atoms with van der Waals surface area (Å²) in [7, 11) is 0. The molecular weight excluding hydrogens is 154 g/mol. The molecule has 1 saturated carbocycles. The quantitative estimate of drug-likeness (QED) is 0.620. The van der Waals surface area contributed by atoms with Crippen LogP contribution in [0.3, 0.4) is 0 Å². The number of rotatable bonds is 3. The van der Waals surface area contributed by atoms with E-state index in [0.29, 0.717) is 0 Å². The summed E-state index contributed by atoms with van der Waals surface area (Å²) < 4.78 is 0. The van der Waals surface area contributed by atoms with Crippen LogP contribution in [-0.2, 0) is 4.79 Å². The number of carbonyl (C=O) groups is 1. The molecule has 1 amide bonds. The lowest BCUT2D eigenvalue weighted by Crippen LogP contribution is -2.33. The molecule has 66 valence electrons. The summed E-state index contributed by atoms with van der Waals surface area (Å²) in [5.41, 5.74) is 5.36. The molecule has 1 fully saturated rings. The lowest BCUT2D eigenvalue weighted by atomic mass is 10.1. The Morgan fingerprint density at radius 2 is 2.25 bits per heavy atom. The van der Waals surface area contributed by atoms with Gasteiger partial charge in [-0.25, -0.2) is 4.99 Å². The molecule has 0 bridgehead atoms. The van der Waals surface area contributed by atoms with E-state index in [0.717, 1.165) is 18.8 Å². The standard InChI is InChI=1S/C8H13N3O/c9-8-10-6(7(12)11-8)4-3-5-1-2-5/h5-6H,1-4H2,(H3,9,10,11,12). The fraction of sp³-hybridized carbons (Fsp3) is 0.750. The first-order chi connectivity index (χ1) is 5.75. The van der Waals surface area contributed by atoms with Crippen molar-refractivity contribution >= 4 is 11.9 Å². The third kappa shape index (κ3) is 1.57. The predicted molar refractivity (Wildman–Crippen MR) is 45.5 cm³/mol. The van der Waals surface area contributed by atoms with Gasteiger partial charge < -0.3 is 5.73 Å². The zero-order valence-corrected chi connectivity index (χ0v) is 6.92. The average Bonchev–Trinajstić information content (AvgIpc) is 2.76. The van der Waals surface area contributed by atoms with Gasteiger partial charge in [0.2, 0.25) is 0 Å². The number of amides is 1. The number of nitrogens with one attached hydrogen (secondary N) is 1. The summed E-state index contributed by atoms with van der Waals surface area (Å²) >= 11 is 0. The van der Waals surface area contributed by atoms with Crippen LogP contribution in [0.15, 0.2) is 4.99 Å². The lowest BCUT2D eigenvalue weighted by molar-refractivity contribution is -0.120. The molecule has 0 spiro atoms. The van der Waals surface area contributed by atoms with Crippen molar-refractivity contribution in [3.63, 3.8) is 0 Å². The van der Waals surface area contributed by atoms with Crippen molar-refractivity contribution in [1.29, 1.82) is 0 Å². The molecular formula is C8H13N3O. The zero-order valence-electron chi connectivity index (χ0n) is 6.92. The first-order valence-corrected chi connectivity index (χ1v) is 4.40. The van der Waals surface area contributed by atoms with Gasteiger partial charge in [-0.1, -0.05) is 12.8 Å². The number of carbonyl (C=O) groups excluding carboxylic acids is 1. The Morgan fingerprint density at radius 1 is 1.50 bits per heavy atom. The van der Waals surface area contributed by atoms with Crippen molar-refractivity contribution in [1.82, 2.24) is 5.32 Å². The molecule has 1 unspecified atom stereocenters. The van der Waals surface area contributed by atoms with Crippen LogP contribution in [0.5, 0.6) is 0 Å². The Kier molecular flexibility index (Phi) is 1.75. The molecule has 1 heterocycles. The number of guanidine groups is 1. The highest BCUT2D eigenvalue weighted by Crippen LogP contribution is 2.34. The van der Waals surface area contributed by atoms with Gasteiger partial charge in [0.15, 0.2) is 5.96 Å². The maximum absolute atomic E-state index is 11.1. The number of nitrogens with two attached hydrogens (primary N) is 1. The minimum Gasteiger partial charge on any atom is -0.370 e. The summed E-state index contributed by atoms with van der Waals surface area (Å²) in [6.07, 6.45) is 4.63. The predicted octanol–water partition coefficient (Wildman–Crippen LogP) is -0.0103. The molecule has 0 saturated heterocycles. The van der Waals surface area contributed by atoms with Gasteiger partial charge in [0.1, 0.15) is 6.04 Å². The van der Waals surface area contributed by atoms with Crippen molar-refractivity contribution in [3.05, 3.63) is 0 Å². The lowest BCUT2D eigenvalue weighted by Gasteiger charge is -2.01. The zero-order chi connectivity index (χ0) is 8.55. The summed E-state index contributed by atoms with van der Waals surface area (Å²) in [4.78, 5) is 15.1. The second-order valence-electron chi connectivity index (χ2n) is 3.54. The van der Waals surface area contributed by atoms with Crippen LogP contribution in [0.25, 0.3) is 0 Å². The highest BCUT2D eigenvalue weighted by atomic mass is 16.2. The normalized spacial score (nSPS) is 28.5. The minimum absolute atomic E-state index is 0.0341. The Bertz CT molecular complexity index is 232. The van der Waals surface area contributed by atoms with Crippen molar-refractivity contribution in [2.45, 2.75) is 31.7 Å². The minimum atomic E-state index is -0.203. The highest BCUT2D eigenvalue weighted by Gasteiger charge is 2.28. The molecule has 2 aliphatic rings. The van der Waals surface area contributed by atoms with Gasteiger partial charge >= 0.3 is 0 Å². The topological polar surface area (TPSA) is 67.5 Å². The molecule has 0 aromatic carbocycles. The highest BCUT2D eigenvalue weighted by molar-refractivity contribution is 6.04. The largest absolute Gasteiger partial charge is 0.370 e. The third-order valence-electron chi connectivity index (χ3n) is 2.39. The maximum Gasteiger partial charge on any atom is 0.251 e. The van der Waals surface area contributed by atoms with Crippen LogP contribution < -0.4 is 11.1 Å². The second kappa shape index (κ2) is 2.77. The Hall–Kier alpha value is -1.06. The molecule has 3 N–H and O–H groups in total. The molecule has 1 aliphatic carbocycles. The molecule has 2 rings (SSSR count). The molecule has 0 aromatic rings. The Morgan fingerprint density at radius 3 is 2.75 bits per heavy atom. The molecule has 4 heteroatoms. The summed E-state index contributed by atoms with van der Waals surface area (Å²) in [6.45, 7) is 0. The molecule has 0 aromatic heterocycles. The third-order valence-corrected chi connectivity index (χ3v) is 2.39. The Labute approximate surface area is 71.2 Å². The van der Waals surface area contributed by atoms with Crippen LogP contribution in [0, 0.1) is 5.92 Å². The SMILES string of the molecule is NC1=NC(CCC2CC2)C(=O)N1. The molecule has 1 atom stereocenters. The van der Waals surface area contributed by atoms with E-state index in [2.05, 4.69) is 10.3 Å². The molecule has 0 radical (unpaired) electrons. The fourth-order valence-electron chi connectivity index (χ4n) is 1.46. The molecule has 4 nitrogen and oxygen atoms in total. The van der Waals surface area contributed by atoms with E-state index >= 15 is 0 Å². The summed E-state index contributed by atoms with van der Waals surface area (Å²) in [5.74, 6) is 1.10. The van der Waals surface area contributed by atoms with Gasteiger partial charge in [-0.2, -0.15) is 0 Å². The van der Waals surface area contributed by atoms with E-state index < -0.39 is 0 Å². The van der Waals surface area contributed by atoms with Gasteiger partial charge in [-0.05, 0) is 18.8 Å². The van der Waals surface area contributed by atoms with E-state index in [1.54, 1.807) is 0 Å². The number of hydrogen-bond donors (Lipinski definition) is 2.